The number of hydrogen-bond donors (Lipinski definition) is 1. The van der Waals surface area contributed by atoms with Crippen LogP contribution < -0.4 is 67.3 Å². The van der Waals surface area contributed by atoms with Gasteiger partial charge in [-0.2, -0.15) is 0 Å². The van der Waals surface area contributed by atoms with Crippen LogP contribution in [0.15, 0.2) is 18.2 Å². The molecule has 3 heterocycles. The van der Waals surface area contributed by atoms with E-state index in [0.717, 1.165) is 5.69 Å². The Bertz CT molecular complexity index is 1280. The SMILES string of the molecule is CC(C)(C)[O-].Cn1c(C(=O)Nc2cccc(B3OC(C)(C)C(C)(C)O3)c2Cl)nc2c1CCN(C(=O)OC(C)(C)C)C2.[K+]. The maximum Gasteiger partial charge on any atom is 1.00 e. The van der Waals surface area contributed by atoms with Crippen molar-refractivity contribution in [2.75, 3.05) is 11.9 Å². The van der Waals surface area contributed by atoms with Crippen molar-refractivity contribution < 1.29 is 80.1 Å². The molecule has 1 aromatic carbocycles. The Balaban J connectivity index is 0.000000947. The van der Waals surface area contributed by atoms with Crippen LogP contribution in [0.5, 0.6) is 0 Å². The Hall–Kier alpha value is -0.959. The standard InChI is InChI=1S/C25H34BClN4O5.C4H9O.K/c1-23(2,3)34-22(33)31-13-12-18-17(14-31)28-20(30(18)8)21(32)29-16-11-9-10-15(19(16)27)26-35-24(4,5)25(6,7)36-26;1-4(2,3)5;/h9-11H,12-14H2,1-8H3,(H,29,32);1-3H3;/q;-1;+1. The van der Waals surface area contributed by atoms with Gasteiger partial charge in [0.15, 0.2) is 5.82 Å². The predicted octanol–water partition coefficient (Wildman–Crippen LogP) is 1.07. The molecule has 2 aliphatic heterocycles. The molecule has 0 radical (unpaired) electrons. The number of carbonyl (C=O) groups excluding carboxylic acids is 2. The van der Waals surface area contributed by atoms with E-state index in [1.807, 2.05) is 54.5 Å². The summed E-state index contributed by atoms with van der Waals surface area (Å²) in [7, 11) is 1.14. The van der Waals surface area contributed by atoms with Crippen LogP contribution in [0.2, 0.25) is 5.02 Å². The van der Waals surface area contributed by atoms with Crippen molar-refractivity contribution in [3.05, 3.63) is 40.4 Å². The fourth-order valence-corrected chi connectivity index (χ4v) is 4.45. The molecule has 2 aliphatic rings. The van der Waals surface area contributed by atoms with Gasteiger partial charge >= 0.3 is 64.6 Å². The summed E-state index contributed by atoms with van der Waals surface area (Å²) in [4.78, 5) is 31.9. The number of anilines is 1. The molecule has 1 aromatic heterocycles. The fraction of sp³-hybridized carbons (Fsp3) is 0.621. The number of amides is 2. The number of rotatable bonds is 3. The number of hydrogen-bond acceptors (Lipinski definition) is 7. The Morgan fingerprint density at radius 3 is 2.17 bits per heavy atom. The smallest absolute Gasteiger partial charge is 0.850 e. The molecular formula is C29H43BClKN4O6. The van der Waals surface area contributed by atoms with Crippen molar-refractivity contribution in [1.29, 1.82) is 0 Å². The van der Waals surface area contributed by atoms with Crippen LogP contribution in [-0.2, 0) is 34.1 Å². The van der Waals surface area contributed by atoms with Gasteiger partial charge in [0, 0.05) is 31.2 Å². The summed E-state index contributed by atoms with van der Waals surface area (Å²) in [6.45, 7) is 19.0. The summed E-state index contributed by atoms with van der Waals surface area (Å²) in [6, 6.07) is 5.34. The molecule has 1 fully saturated rings. The van der Waals surface area contributed by atoms with E-state index in [0.29, 0.717) is 34.8 Å². The second-order valence-electron chi connectivity index (χ2n) is 13.4. The van der Waals surface area contributed by atoms with Crippen molar-refractivity contribution in [1.82, 2.24) is 14.5 Å². The zero-order chi connectivity index (χ0) is 31.1. The van der Waals surface area contributed by atoms with Crippen LogP contribution in [0.25, 0.3) is 0 Å². The number of fused-ring (bicyclic) bond motifs is 1. The molecule has 10 nitrogen and oxygen atoms in total. The molecule has 226 valence electrons. The van der Waals surface area contributed by atoms with E-state index < -0.39 is 41.5 Å². The number of carbonyl (C=O) groups is 2. The maximum absolute atomic E-state index is 13.2. The van der Waals surface area contributed by atoms with Gasteiger partial charge in [0.2, 0.25) is 0 Å². The number of nitrogens with one attached hydrogen (secondary N) is 1. The number of benzene rings is 1. The van der Waals surface area contributed by atoms with E-state index in [1.54, 1.807) is 49.4 Å². The number of nitrogens with zero attached hydrogens (tertiary/aromatic N) is 3. The third kappa shape index (κ3) is 9.28. The van der Waals surface area contributed by atoms with Crippen LogP contribution in [0, 0.1) is 0 Å². The van der Waals surface area contributed by atoms with Gasteiger partial charge in [0.05, 0.1) is 34.2 Å². The van der Waals surface area contributed by atoms with E-state index >= 15 is 0 Å². The molecule has 0 atom stereocenters. The molecule has 42 heavy (non-hydrogen) atoms. The maximum atomic E-state index is 13.2. The third-order valence-electron chi connectivity index (χ3n) is 6.89. The molecule has 13 heteroatoms. The molecular weight excluding hydrogens is 586 g/mol. The van der Waals surface area contributed by atoms with Crippen LogP contribution in [0.3, 0.4) is 0 Å². The summed E-state index contributed by atoms with van der Waals surface area (Å²) in [5.74, 6) is -0.160. The molecule has 4 rings (SSSR count). The molecule has 1 N–H and O–H groups in total. The largest absolute Gasteiger partial charge is 1.00 e. The molecule has 0 saturated carbocycles. The minimum atomic E-state index is -0.750. The summed E-state index contributed by atoms with van der Waals surface area (Å²) < 4.78 is 19.5. The van der Waals surface area contributed by atoms with Gasteiger partial charge in [-0.1, -0.05) is 44.5 Å². The number of imidazole rings is 1. The Morgan fingerprint density at radius 1 is 1.10 bits per heavy atom. The number of ether oxygens (including phenoxy) is 1. The molecule has 1 saturated heterocycles. The Kier molecular flexibility index (Phi) is 12.0. The van der Waals surface area contributed by atoms with Gasteiger partial charge in [-0.25, -0.2) is 9.78 Å². The first-order chi connectivity index (χ1) is 18.6. The zero-order valence-corrected chi connectivity index (χ0v) is 31.0. The topological polar surface area (TPSA) is 118 Å². The summed E-state index contributed by atoms with van der Waals surface area (Å²) in [5, 5.41) is 13.3. The van der Waals surface area contributed by atoms with Crippen molar-refractivity contribution >= 4 is 41.9 Å². The monoisotopic (exact) mass is 628 g/mol. The van der Waals surface area contributed by atoms with Gasteiger partial charge in [0.25, 0.3) is 5.91 Å². The Labute approximate surface area is 297 Å². The second-order valence-corrected chi connectivity index (χ2v) is 13.8. The van der Waals surface area contributed by atoms with E-state index in [9.17, 15) is 14.7 Å². The minimum absolute atomic E-state index is 0. The van der Waals surface area contributed by atoms with Crippen molar-refractivity contribution in [2.24, 2.45) is 7.05 Å². The fourth-order valence-electron chi connectivity index (χ4n) is 4.19. The van der Waals surface area contributed by atoms with Crippen LogP contribution in [0.1, 0.15) is 91.2 Å². The van der Waals surface area contributed by atoms with Crippen LogP contribution in [-0.4, -0.2) is 62.5 Å². The van der Waals surface area contributed by atoms with Crippen molar-refractivity contribution in [2.45, 2.75) is 105 Å². The van der Waals surface area contributed by atoms with Crippen molar-refractivity contribution in [3.8, 4) is 0 Å². The third-order valence-corrected chi connectivity index (χ3v) is 7.32. The van der Waals surface area contributed by atoms with E-state index in [4.69, 9.17) is 25.6 Å². The minimum Gasteiger partial charge on any atom is -0.850 e. The quantitative estimate of drug-likeness (QED) is 0.506. The summed E-state index contributed by atoms with van der Waals surface area (Å²) >= 11 is 6.69. The molecule has 0 unspecified atom stereocenters. The first kappa shape index (κ1) is 37.2. The first-order valence-corrected chi connectivity index (χ1v) is 14.2. The summed E-state index contributed by atoms with van der Waals surface area (Å²) in [5.41, 5.74) is 0.304. The van der Waals surface area contributed by atoms with E-state index in [1.165, 1.54) is 0 Å². The Morgan fingerprint density at radius 2 is 1.64 bits per heavy atom. The van der Waals surface area contributed by atoms with Gasteiger partial charge < -0.3 is 33.9 Å². The van der Waals surface area contributed by atoms with Gasteiger partial charge in [-0.05, 0) is 54.5 Å². The molecule has 2 aromatic rings. The zero-order valence-electron chi connectivity index (χ0n) is 27.1. The average molecular weight is 629 g/mol. The first-order valence-electron chi connectivity index (χ1n) is 13.8. The normalized spacial score (nSPS) is 17.5. The van der Waals surface area contributed by atoms with Crippen LogP contribution >= 0.6 is 11.6 Å². The van der Waals surface area contributed by atoms with Gasteiger partial charge in [0.1, 0.15) is 5.60 Å². The average Bonchev–Trinajstić information content (AvgIpc) is 3.24. The second kappa shape index (κ2) is 13.6. The van der Waals surface area contributed by atoms with Gasteiger partial charge in [-0.3, -0.25) is 4.79 Å². The molecule has 2 amide bonds. The molecule has 0 bridgehead atoms. The number of halogens is 1. The number of aromatic nitrogens is 2. The predicted molar refractivity (Wildman–Crippen MR) is 158 cm³/mol. The van der Waals surface area contributed by atoms with Gasteiger partial charge in [-0.15, -0.1) is 5.60 Å². The summed E-state index contributed by atoms with van der Waals surface area (Å²) in [6.07, 6.45) is 0.180. The van der Waals surface area contributed by atoms with E-state index in [-0.39, 0.29) is 63.8 Å². The van der Waals surface area contributed by atoms with Crippen LogP contribution in [0.4, 0.5) is 10.5 Å². The molecule has 0 aliphatic carbocycles. The molecule has 0 spiro atoms. The van der Waals surface area contributed by atoms with Crippen molar-refractivity contribution in [3.63, 3.8) is 0 Å². The van der Waals surface area contributed by atoms with E-state index in [2.05, 4.69) is 10.3 Å².